The van der Waals surface area contributed by atoms with Gasteiger partial charge in [-0.25, -0.2) is 0 Å². The van der Waals surface area contributed by atoms with E-state index in [9.17, 15) is 0 Å². The van der Waals surface area contributed by atoms with Crippen LogP contribution in [-0.2, 0) is 5.41 Å². The molecule has 0 spiro atoms. The van der Waals surface area contributed by atoms with E-state index >= 15 is 0 Å². The van der Waals surface area contributed by atoms with Crippen LogP contribution >= 0.6 is 0 Å². The van der Waals surface area contributed by atoms with Crippen molar-refractivity contribution in [2.24, 2.45) is 0 Å². The Labute approximate surface area is 302 Å². The van der Waals surface area contributed by atoms with E-state index in [-0.39, 0.29) is 5.41 Å². The molecule has 0 saturated carbocycles. The van der Waals surface area contributed by atoms with E-state index in [1.54, 1.807) is 0 Å². The number of benzene rings is 9. The highest BCUT2D eigenvalue weighted by atomic mass is 16.3. The SMILES string of the molecule is CC1(C)c2ccc(-c3ccc(-c4c5ccccc5c(-c5ccc6ccccc6c5)c5ccccc45)cc3)cc2-c2ccc3c(oc4ccccc43)c21. The molecule has 0 radical (unpaired) electrons. The molecule has 1 heteroatoms. The molecule has 0 unspecified atom stereocenters. The number of furan rings is 1. The van der Waals surface area contributed by atoms with Gasteiger partial charge in [0.2, 0.25) is 0 Å². The normalized spacial score (nSPS) is 13.3. The lowest BCUT2D eigenvalue weighted by molar-refractivity contribution is 0.620. The Morgan fingerprint density at radius 2 is 0.942 bits per heavy atom. The molecular weight excluding hydrogens is 629 g/mol. The van der Waals surface area contributed by atoms with Crippen molar-refractivity contribution in [3.8, 4) is 44.5 Å². The summed E-state index contributed by atoms with van der Waals surface area (Å²) in [5, 5.41) is 9.97. The number of para-hydroxylation sites is 1. The van der Waals surface area contributed by atoms with Gasteiger partial charge in [-0.1, -0.05) is 159 Å². The minimum atomic E-state index is -0.165. The van der Waals surface area contributed by atoms with Crippen molar-refractivity contribution in [2.75, 3.05) is 0 Å². The fraction of sp³-hybridized carbons (Fsp3) is 0.0588. The third-order valence-electron chi connectivity index (χ3n) is 11.6. The standard InChI is InChI=1S/C51H34O/c1-51(2)45-28-25-35(30-44(45)42-26-27-43-37-13-9-10-18-46(37)52-50(43)49(42)51)32-19-22-33(23-20-32)47-38-14-5-7-16-40(38)48(41-17-8-6-15-39(41)47)36-24-21-31-11-3-4-12-34(31)29-36/h3-30H,1-2H3. The molecular formula is C51H34O. The molecule has 10 aromatic rings. The van der Waals surface area contributed by atoms with Crippen molar-refractivity contribution >= 4 is 54.3 Å². The zero-order chi connectivity index (χ0) is 34.6. The average molecular weight is 663 g/mol. The summed E-state index contributed by atoms with van der Waals surface area (Å²) in [6, 6.07) is 62.4. The molecule has 11 rings (SSSR count). The van der Waals surface area contributed by atoms with Gasteiger partial charge in [0.25, 0.3) is 0 Å². The van der Waals surface area contributed by atoms with Crippen LogP contribution in [0.4, 0.5) is 0 Å². The van der Waals surface area contributed by atoms with Crippen molar-refractivity contribution in [1.82, 2.24) is 0 Å². The van der Waals surface area contributed by atoms with E-state index in [0.29, 0.717) is 0 Å². The summed E-state index contributed by atoms with van der Waals surface area (Å²) in [5.41, 5.74) is 14.5. The number of fused-ring (bicyclic) bond motifs is 10. The van der Waals surface area contributed by atoms with Crippen LogP contribution in [0.25, 0.3) is 98.8 Å². The van der Waals surface area contributed by atoms with Gasteiger partial charge in [0.05, 0.1) is 0 Å². The van der Waals surface area contributed by atoms with Gasteiger partial charge in [-0.3, -0.25) is 0 Å². The molecule has 0 bridgehead atoms. The van der Waals surface area contributed by atoms with Gasteiger partial charge in [0.1, 0.15) is 11.2 Å². The smallest absolute Gasteiger partial charge is 0.140 e. The van der Waals surface area contributed by atoms with Crippen LogP contribution in [0, 0.1) is 0 Å². The molecule has 1 aromatic heterocycles. The van der Waals surface area contributed by atoms with Gasteiger partial charge < -0.3 is 4.42 Å². The quantitative estimate of drug-likeness (QED) is 0.172. The molecule has 0 aliphatic heterocycles. The van der Waals surface area contributed by atoms with E-state index in [1.165, 1.54) is 98.7 Å². The van der Waals surface area contributed by atoms with Crippen LogP contribution in [-0.4, -0.2) is 0 Å². The minimum absolute atomic E-state index is 0.165. The Bertz CT molecular complexity index is 3030. The van der Waals surface area contributed by atoms with Crippen molar-refractivity contribution in [1.29, 1.82) is 0 Å². The summed E-state index contributed by atoms with van der Waals surface area (Å²) >= 11 is 0. The molecule has 1 aliphatic rings. The van der Waals surface area contributed by atoms with Crippen molar-refractivity contribution in [3.63, 3.8) is 0 Å². The number of rotatable bonds is 3. The molecule has 52 heavy (non-hydrogen) atoms. The van der Waals surface area contributed by atoms with Crippen LogP contribution < -0.4 is 0 Å². The Kier molecular flexibility index (Phi) is 6.08. The number of hydrogen-bond acceptors (Lipinski definition) is 1. The Morgan fingerprint density at radius 3 is 1.65 bits per heavy atom. The van der Waals surface area contributed by atoms with Crippen molar-refractivity contribution in [2.45, 2.75) is 19.3 Å². The summed E-state index contributed by atoms with van der Waals surface area (Å²) in [7, 11) is 0. The Hall–Kier alpha value is -6.44. The highest BCUT2D eigenvalue weighted by Crippen LogP contribution is 2.53. The first kappa shape index (κ1) is 29.3. The fourth-order valence-corrected chi connectivity index (χ4v) is 9.18. The van der Waals surface area contributed by atoms with Gasteiger partial charge in [0, 0.05) is 21.8 Å². The summed E-state index contributed by atoms with van der Waals surface area (Å²) in [6.45, 7) is 4.66. The summed E-state index contributed by atoms with van der Waals surface area (Å²) in [4.78, 5) is 0. The second-order valence-electron chi connectivity index (χ2n) is 14.8. The number of hydrogen-bond donors (Lipinski definition) is 0. The van der Waals surface area contributed by atoms with E-state index in [1.807, 2.05) is 0 Å². The molecule has 1 heterocycles. The molecule has 1 nitrogen and oxygen atoms in total. The Morgan fingerprint density at radius 1 is 0.385 bits per heavy atom. The van der Waals surface area contributed by atoms with E-state index in [4.69, 9.17) is 4.42 Å². The van der Waals surface area contributed by atoms with Crippen LogP contribution in [0.1, 0.15) is 25.0 Å². The van der Waals surface area contributed by atoms with Crippen molar-refractivity contribution in [3.05, 3.63) is 181 Å². The second-order valence-corrected chi connectivity index (χ2v) is 14.8. The molecule has 0 amide bonds. The lowest BCUT2D eigenvalue weighted by atomic mass is 9.81. The third kappa shape index (κ3) is 4.11. The maximum atomic E-state index is 6.54. The van der Waals surface area contributed by atoms with Crippen LogP contribution in [0.15, 0.2) is 174 Å². The van der Waals surface area contributed by atoms with Gasteiger partial charge >= 0.3 is 0 Å². The average Bonchev–Trinajstić information content (AvgIpc) is 3.68. The highest BCUT2D eigenvalue weighted by Gasteiger charge is 2.38. The summed E-state index contributed by atoms with van der Waals surface area (Å²) < 4.78 is 6.54. The van der Waals surface area contributed by atoms with Gasteiger partial charge in [0.15, 0.2) is 0 Å². The van der Waals surface area contributed by atoms with Gasteiger partial charge in [-0.2, -0.15) is 0 Å². The highest BCUT2D eigenvalue weighted by molar-refractivity contribution is 6.21. The van der Waals surface area contributed by atoms with E-state index in [0.717, 1.165) is 11.2 Å². The molecule has 0 fully saturated rings. The molecule has 244 valence electrons. The van der Waals surface area contributed by atoms with E-state index in [2.05, 4.69) is 184 Å². The van der Waals surface area contributed by atoms with E-state index < -0.39 is 0 Å². The monoisotopic (exact) mass is 662 g/mol. The van der Waals surface area contributed by atoms with Crippen LogP contribution in [0.5, 0.6) is 0 Å². The zero-order valence-corrected chi connectivity index (χ0v) is 29.1. The third-order valence-corrected chi connectivity index (χ3v) is 11.6. The first-order chi connectivity index (χ1) is 25.5. The predicted molar refractivity (Wildman–Crippen MR) is 220 cm³/mol. The van der Waals surface area contributed by atoms with Crippen LogP contribution in [0.2, 0.25) is 0 Å². The maximum Gasteiger partial charge on any atom is 0.140 e. The zero-order valence-electron chi connectivity index (χ0n) is 29.1. The first-order valence-corrected chi connectivity index (χ1v) is 18.2. The predicted octanol–water partition coefficient (Wildman–Crippen LogP) is 14.4. The first-order valence-electron chi connectivity index (χ1n) is 18.2. The largest absolute Gasteiger partial charge is 0.456 e. The molecule has 1 aliphatic carbocycles. The maximum absolute atomic E-state index is 6.54. The van der Waals surface area contributed by atoms with Gasteiger partial charge in [-0.05, 0) is 107 Å². The fourth-order valence-electron chi connectivity index (χ4n) is 9.18. The lowest BCUT2D eigenvalue weighted by Gasteiger charge is -2.21. The molecule has 9 aromatic carbocycles. The second kappa shape index (κ2) is 10.8. The molecule has 0 N–H and O–H groups in total. The summed E-state index contributed by atoms with van der Waals surface area (Å²) in [6.07, 6.45) is 0. The van der Waals surface area contributed by atoms with Gasteiger partial charge in [-0.15, -0.1) is 0 Å². The lowest BCUT2D eigenvalue weighted by Crippen LogP contribution is -2.15. The van der Waals surface area contributed by atoms with Crippen LogP contribution in [0.3, 0.4) is 0 Å². The Balaban J connectivity index is 1.04. The summed E-state index contributed by atoms with van der Waals surface area (Å²) in [5.74, 6) is 0. The van der Waals surface area contributed by atoms with Crippen molar-refractivity contribution < 1.29 is 4.42 Å². The minimum Gasteiger partial charge on any atom is -0.456 e. The topological polar surface area (TPSA) is 13.1 Å². The molecule has 0 saturated heterocycles. The molecule has 0 atom stereocenters.